The average Bonchev–Trinajstić information content (AvgIpc) is 3.37. The van der Waals surface area contributed by atoms with E-state index in [2.05, 4.69) is 10.3 Å². The molecule has 3 heterocycles. The fourth-order valence-corrected chi connectivity index (χ4v) is 3.46. The third-order valence-corrected chi connectivity index (χ3v) is 4.71. The molecule has 27 heavy (non-hydrogen) atoms. The lowest BCUT2D eigenvalue weighted by molar-refractivity contribution is -0.389. The van der Waals surface area contributed by atoms with E-state index in [9.17, 15) is 10.1 Å². The van der Waals surface area contributed by atoms with Crippen molar-refractivity contribution in [2.45, 2.75) is 19.8 Å². The molecule has 4 aromatic rings. The number of imidazole rings is 1. The van der Waals surface area contributed by atoms with Crippen LogP contribution in [-0.4, -0.2) is 14.3 Å². The average molecular weight is 384 g/mol. The molecule has 0 saturated heterocycles. The molecule has 4 rings (SSSR count). The number of hydrogen-bond donors (Lipinski definition) is 1. The van der Waals surface area contributed by atoms with Crippen molar-refractivity contribution in [1.82, 2.24) is 9.38 Å². The first-order valence-electron chi connectivity index (χ1n) is 8.22. The molecule has 0 atom stereocenters. The molecule has 1 N–H and O–H groups in total. The van der Waals surface area contributed by atoms with Crippen molar-refractivity contribution in [3.63, 3.8) is 0 Å². The summed E-state index contributed by atoms with van der Waals surface area (Å²) >= 11 is 1.35. The smallest absolute Gasteiger partial charge is 0.372 e. The molecule has 138 valence electrons. The van der Waals surface area contributed by atoms with Gasteiger partial charge in [-0.05, 0) is 28.2 Å². The topological polar surface area (TPSA) is 94.8 Å². The first kappa shape index (κ1) is 17.3. The number of thiazole rings is 1. The molecule has 3 aromatic heterocycles. The fourth-order valence-electron chi connectivity index (χ4n) is 2.75. The van der Waals surface area contributed by atoms with Crippen LogP contribution in [0.1, 0.15) is 16.9 Å². The van der Waals surface area contributed by atoms with E-state index in [1.54, 1.807) is 17.8 Å². The lowest BCUT2D eigenvalue weighted by Gasteiger charge is -2.07. The Kier molecular flexibility index (Phi) is 4.86. The molecule has 0 unspecified atom stereocenters. The SMILES string of the molecule is O=[N+]([O-])c1c(NCc2cccc(COCc3ccco3)c2)nc2sccn12. The number of rotatable bonds is 8. The zero-order valence-corrected chi connectivity index (χ0v) is 15.0. The van der Waals surface area contributed by atoms with E-state index in [-0.39, 0.29) is 11.6 Å². The predicted molar refractivity (Wildman–Crippen MR) is 101 cm³/mol. The lowest BCUT2D eigenvalue weighted by atomic mass is 10.1. The van der Waals surface area contributed by atoms with Crippen LogP contribution in [0.15, 0.2) is 58.7 Å². The van der Waals surface area contributed by atoms with E-state index < -0.39 is 4.92 Å². The number of anilines is 1. The number of nitrogens with one attached hydrogen (secondary N) is 1. The van der Waals surface area contributed by atoms with E-state index in [0.717, 1.165) is 16.9 Å². The zero-order chi connectivity index (χ0) is 18.6. The molecule has 0 amide bonds. The van der Waals surface area contributed by atoms with Gasteiger partial charge in [0.05, 0.1) is 12.9 Å². The zero-order valence-electron chi connectivity index (χ0n) is 14.2. The molecule has 8 nitrogen and oxygen atoms in total. The molecule has 0 radical (unpaired) electrons. The Morgan fingerprint density at radius 3 is 2.96 bits per heavy atom. The minimum Gasteiger partial charge on any atom is -0.467 e. The normalized spacial score (nSPS) is 11.1. The van der Waals surface area contributed by atoms with E-state index in [4.69, 9.17) is 9.15 Å². The Balaban J connectivity index is 1.40. The Hall–Kier alpha value is -3.17. The quantitative estimate of drug-likeness (QED) is 0.361. The third-order valence-electron chi connectivity index (χ3n) is 3.95. The second-order valence-electron chi connectivity index (χ2n) is 5.84. The molecule has 0 aliphatic carbocycles. The summed E-state index contributed by atoms with van der Waals surface area (Å²) in [6, 6.07) is 11.5. The van der Waals surface area contributed by atoms with Crippen LogP contribution in [0.5, 0.6) is 0 Å². The maximum atomic E-state index is 11.4. The van der Waals surface area contributed by atoms with E-state index in [1.165, 1.54) is 15.7 Å². The van der Waals surface area contributed by atoms with Crippen LogP contribution >= 0.6 is 11.3 Å². The third kappa shape index (κ3) is 3.83. The number of aromatic nitrogens is 2. The van der Waals surface area contributed by atoms with Gasteiger partial charge in [0.1, 0.15) is 18.6 Å². The molecule has 0 aliphatic rings. The Bertz CT molecular complexity index is 1050. The minimum atomic E-state index is -0.423. The lowest BCUT2D eigenvalue weighted by Crippen LogP contribution is -2.04. The summed E-state index contributed by atoms with van der Waals surface area (Å²) in [7, 11) is 0. The molecular formula is C18H16N4O4S. The van der Waals surface area contributed by atoms with Crippen LogP contribution < -0.4 is 5.32 Å². The van der Waals surface area contributed by atoms with E-state index in [1.807, 2.05) is 36.4 Å². The standard InChI is InChI=1S/C18H16N4O4S/c23-22(24)17-16(20-18-21(17)6-8-27-18)19-10-13-3-1-4-14(9-13)11-25-12-15-5-2-7-26-15/h1-9,19H,10-12H2. The van der Waals surface area contributed by atoms with Crippen molar-refractivity contribution in [3.05, 3.63) is 81.2 Å². The highest BCUT2D eigenvalue weighted by Gasteiger charge is 2.23. The number of nitrogens with zero attached hydrogens (tertiary/aromatic N) is 3. The van der Waals surface area contributed by atoms with Gasteiger partial charge in [-0.3, -0.25) is 0 Å². The molecule has 0 fully saturated rings. The number of benzene rings is 1. The maximum absolute atomic E-state index is 11.4. The van der Waals surface area contributed by atoms with E-state index >= 15 is 0 Å². The van der Waals surface area contributed by atoms with Crippen LogP contribution in [0, 0.1) is 10.1 Å². The summed E-state index contributed by atoms with van der Waals surface area (Å²) in [5.41, 5.74) is 2.00. The highest BCUT2D eigenvalue weighted by Crippen LogP contribution is 2.28. The van der Waals surface area contributed by atoms with Crippen molar-refractivity contribution < 1.29 is 14.1 Å². The maximum Gasteiger partial charge on any atom is 0.372 e. The van der Waals surface area contributed by atoms with Crippen LogP contribution in [0.25, 0.3) is 4.96 Å². The van der Waals surface area contributed by atoms with Crippen molar-refractivity contribution in [1.29, 1.82) is 0 Å². The first-order valence-corrected chi connectivity index (χ1v) is 9.10. The van der Waals surface area contributed by atoms with Gasteiger partial charge in [-0.1, -0.05) is 35.6 Å². The molecule has 0 aliphatic heterocycles. The Morgan fingerprint density at radius 1 is 1.26 bits per heavy atom. The number of hydrogen-bond acceptors (Lipinski definition) is 7. The number of furan rings is 1. The van der Waals surface area contributed by atoms with Gasteiger partial charge in [-0.2, -0.15) is 9.38 Å². The van der Waals surface area contributed by atoms with Gasteiger partial charge >= 0.3 is 5.82 Å². The first-order chi connectivity index (χ1) is 13.2. The van der Waals surface area contributed by atoms with Gasteiger partial charge in [-0.25, -0.2) is 0 Å². The second-order valence-corrected chi connectivity index (χ2v) is 6.72. The minimum absolute atomic E-state index is 0.0517. The molecule has 0 bridgehead atoms. The van der Waals surface area contributed by atoms with Crippen LogP contribution in [0.2, 0.25) is 0 Å². The van der Waals surface area contributed by atoms with Gasteiger partial charge in [-0.15, -0.1) is 0 Å². The summed E-state index contributed by atoms with van der Waals surface area (Å²) in [6.45, 7) is 1.29. The summed E-state index contributed by atoms with van der Waals surface area (Å²) < 4.78 is 12.4. The molecule has 1 aromatic carbocycles. The summed E-state index contributed by atoms with van der Waals surface area (Å²) in [5, 5.41) is 16.2. The van der Waals surface area contributed by atoms with Crippen molar-refractivity contribution >= 4 is 27.9 Å². The fraction of sp³-hybridized carbons (Fsp3) is 0.167. The highest BCUT2D eigenvalue weighted by molar-refractivity contribution is 7.15. The Labute approximate surface area is 158 Å². The monoisotopic (exact) mass is 384 g/mol. The van der Waals surface area contributed by atoms with Crippen molar-refractivity contribution in [2.24, 2.45) is 0 Å². The number of fused-ring (bicyclic) bond motifs is 1. The van der Waals surface area contributed by atoms with Gasteiger partial charge in [0.25, 0.3) is 4.96 Å². The van der Waals surface area contributed by atoms with E-state index in [0.29, 0.717) is 24.7 Å². The van der Waals surface area contributed by atoms with Gasteiger partial charge in [0, 0.05) is 11.9 Å². The van der Waals surface area contributed by atoms with Gasteiger partial charge < -0.3 is 24.6 Å². The van der Waals surface area contributed by atoms with Crippen LogP contribution in [0.3, 0.4) is 0 Å². The number of nitro groups is 1. The molecule has 9 heteroatoms. The summed E-state index contributed by atoms with van der Waals surface area (Å²) in [5.74, 6) is 0.996. The number of ether oxygens (including phenoxy) is 1. The van der Waals surface area contributed by atoms with Crippen molar-refractivity contribution in [2.75, 3.05) is 5.32 Å². The van der Waals surface area contributed by atoms with Gasteiger partial charge in [0.15, 0.2) is 0 Å². The Morgan fingerprint density at radius 2 is 2.15 bits per heavy atom. The largest absolute Gasteiger partial charge is 0.467 e. The van der Waals surface area contributed by atoms with Gasteiger partial charge in [0.2, 0.25) is 5.82 Å². The van der Waals surface area contributed by atoms with Crippen LogP contribution in [0.4, 0.5) is 11.6 Å². The summed E-state index contributed by atoms with van der Waals surface area (Å²) in [6.07, 6.45) is 3.26. The second kappa shape index (κ2) is 7.60. The van der Waals surface area contributed by atoms with Crippen LogP contribution in [-0.2, 0) is 24.5 Å². The summed E-state index contributed by atoms with van der Waals surface area (Å²) in [4.78, 5) is 15.8. The molecule has 0 spiro atoms. The van der Waals surface area contributed by atoms with Crippen molar-refractivity contribution in [3.8, 4) is 0 Å². The highest BCUT2D eigenvalue weighted by atomic mass is 32.1. The predicted octanol–water partition coefficient (Wildman–Crippen LogP) is 4.23. The molecule has 0 saturated carbocycles. The molecular weight excluding hydrogens is 368 g/mol.